The van der Waals surface area contributed by atoms with E-state index >= 15 is 0 Å². The van der Waals surface area contributed by atoms with E-state index in [9.17, 15) is 4.79 Å². The molecule has 2 aromatic carbocycles. The van der Waals surface area contributed by atoms with Crippen LogP contribution in [0.2, 0.25) is 5.02 Å². The Hall–Kier alpha value is -2.20. The summed E-state index contributed by atoms with van der Waals surface area (Å²) in [6.45, 7) is 3.37. The Morgan fingerprint density at radius 3 is 2.69 bits per heavy atom. The average molecular weight is 463 g/mol. The first-order chi connectivity index (χ1) is 15.5. The molecule has 3 rings (SSSR count). The monoisotopic (exact) mass is 462 g/mol. The van der Waals surface area contributed by atoms with Crippen molar-refractivity contribution >= 4 is 17.5 Å². The smallest absolute Gasteiger partial charge is 0.240 e. The fourth-order valence-corrected chi connectivity index (χ4v) is 3.77. The molecule has 1 saturated heterocycles. The molecule has 4 N–H and O–H groups in total. The van der Waals surface area contributed by atoms with E-state index in [1.165, 1.54) is 0 Å². The molecule has 2 aromatic rings. The van der Waals surface area contributed by atoms with Crippen LogP contribution in [0, 0.1) is 6.92 Å². The van der Waals surface area contributed by atoms with Crippen molar-refractivity contribution in [2.24, 2.45) is 0 Å². The largest absolute Gasteiger partial charge is 0.462 e. The van der Waals surface area contributed by atoms with Gasteiger partial charge in [-0.05, 0) is 49.4 Å². The highest BCUT2D eigenvalue weighted by Gasteiger charge is 2.45. The number of hydrogen-bond donors (Lipinski definition) is 4. The predicted octanol–water partition coefficient (Wildman–Crippen LogP) is 1.46. The third kappa shape index (κ3) is 6.65. The summed E-state index contributed by atoms with van der Waals surface area (Å²) in [5.74, 6) is 0.575. The number of hydrogen-bond acceptors (Lipinski definition) is 7. The summed E-state index contributed by atoms with van der Waals surface area (Å²) in [5, 5.41) is 18.9. The van der Waals surface area contributed by atoms with Crippen molar-refractivity contribution in [1.29, 1.82) is 0 Å². The number of aliphatic hydroxyl groups excluding tert-OH is 1. The van der Waals surface area contributed by atoms with Gasteiger partial charge in [0.2, 0.25) is 12.3 Å². The van der Waals surface area contributed by atoms with Gasteiger partial charge >= 0.3 is 0 Å². The van der Waals surface area contributed by atoms with Gasteiger partial charge in [0.15, 0.2) is 0 Å². The predicted molar refractivity (Wildman–Crippen MR) is 123 cm³/mol. The van der Waals surface area contributed by atoms with Crippen molar-refractivity contribution < 1.29 is 19.4 Å². The molecule has 1 heterocycles. The van der Waals surface area contributed by atoms with Crippen molar-refractivity contribution in [2.75, 3.05) is 33.4 Å². The molecule has 0 aliphatic carbocycles. The van der Waals surface area contributed by atoms with Gasteiger partial charge in [0.25, 0.3) is 0 Å². The highest BCUT2D eigenvalue weighted by atomic mass is 35.5. The van der Waals surface area contributed by atoms with Gasteiger partial charge in [-0.2, -0.15) is 0 Å². The molecule has 9 heteroatoms. The van der Waals surface area contributed by atoms with Gasteiger partial charge in [0.1, 0.15) is 11.8 Å². The molecule has 32 heavy (non-hydrogen) atoms. The number of rotatable bonds is 11. The molecule has 174 valence electrons. The van der Waals surface area contributed by atoms with Crippen LogP contribution in [0.5, 0.6) is 5.75 Å². The fraction of sp³-hybridized carbons (Fsp3) is 0.435. The Bertz CT molecular complexity index is 867. The third-order valence-corrected chi connectivity index (χ3v) is 5.42. The molecular weight excluding hydrogens is 432 g/mol. The summed E-state index contributed by atoms with van der Waals surface area (Å²) in [6, 6.07) is 14.8. The van der Waals surface area contributed by atoms with E-state index in [0.717, 1.165) is 16.9 Å². The first kappa shape index (κ1) is 24.4. The number of aryl methyl sites for hydroxylation is 1. The number of ether oxygens (including phenoxy) is 2. The van der Waals surface area contributed by atoms with E-state index in [1.54, 1.807) is 7.05 Å². The fourth-order valence-electron chi connectivity index (χ4n) is 3.64. The first-order valence-corrected chi connectivity index (χ1v) is 11.0. The molecule has 0 saturated carbocycles. The lowest BCUT2D eigenvalue weighted by Gasteiger charge is -2.29. The van der Waals surface area contributed by atoms with E-state index in [2.05, 4.69) is 16.0 Å². The highest BCUT2D eigenvalue weighted by molar-refractivity contribution is 6.30. The van der Waals surface area contributed by atoms with Crippen molar-refractivity contribution in [1.82, 2.24) is 20.9 Å². The van der Waals surface area contributed by atoms with Crippen LogP contribution in [0.1, 0.15) is 11.1 Å². The molecule has 1 fully saturated rings. The van der Waals surface area contributed by atoms with Gasteiger partial charge in [-0.3, -0.25) is 10.1 Å². The summed E-state index contributed by atoms with van der Waals surface area (Å²) < 4.78 is 11.5. The molecule has 1 aliphatic heterocycles. The second kappa shape index (κ2) is 12.2. The standard InChI is InChI=1S/C23H31ClN4O4/c1-16-4-3-5-19(14-16)32-23-27-21(25-2)20(22(30)26-10-12-31-13-11-29)28(23)15-17-6-8-18(24)9-7-17/h3-9,14,20-21,23,25,27,29H,10-13,15H2,1-2H3,(H,26,30). The summed E-state index contributed by atoms with van der Waals surface area (Å²) in [6.07, 6.45) is -0.846. The van der Waals surface area contributed by atoms with Crippen LogP contribution in [0.25, 0.3) is 0 Å². The Kier molecular flexibility index (Phi) is 9.28. The Morgan fingerprint density at radius 2 is 2.00 bits per heavy atom. The summed E-state index contributed by atoms with van der Waals surface area (Å²) in [7, 11) is 1.80. The van der Waals surface area contributed by atoms with Gasteiger partial charge in [-0.15, -0.1) is 0 Å². The number of nitrogens with one attached hydrogen (secondary N) is 3. The zero-order chi connectivity index (χ0) is 22.9. The maximum atomic E-state index is 13.1. The van der Waals surface area contributed by atoms with Gasteiger partial charge in [-0.1, -0.05) is 35.9 Å². The molecular formula is C23H31ClN4O4. The normalized spacial score (nSPS) is 20.9. The zero-order valence-corrected chi connectivity index (χ0v) is 19.1. The van der Waals surface area contributed by atoms with Gasteiger partial charge in [0.05, 0.1) is 26.0 Å². The lowest BCUT2D eigenvalue weighted by Crippen LogP contribution is -2.53. The number of nitrogens with zero attached hydrogens (tertiary/aromatic N) is 1. The van der Waals surface area contributed by atoms with E-state index in [4.69, 9.17) is 26.2 Å². The number of halogens is 1. The third-order valence-electron chi connectivity index (χ3n) is 5.17. The van der Waals surface area contributed by atoms with Crippen molar-refractivity contribution in [3.05, 3.63) is 64.7 Å². The topological polar surface area (TPSA) is 95.1 Å². The van der Waals surface area contributed by atoms with Gasteiger partial charge in [0, 0.05) is 18.1 Å². The molecule has 8 nitrogen and oxygen atoms in total. The Labute approximate surface area is 193 Å². The number of benzene rings is 2. The summed E-state index contributed by atoms with van der Waals surface area (Å²) >= 11 is 6.04. The second-order valence-corrected chi connectivity index (χ2v) is 8.03. The lowest BCUT2D eigenvalue weighted by molar-refractivity contribution is -0.128. The minimum atomic E-state index is -0.525. The minimum absolute atomic E-state index is 0.0465. The Balaban J connectivity index is 1.78. The number of aliphatic hydroxyl groups is 1. The van der Waals surface area contributed by atoms with E-state index in [1.807, 2.05) is 60.4 Å². The number of carbonyl (C=O) groups is 1. The van der Waals surface area contributed by atoms with Crippen LogP contribution in [-0.4, -0.2) is 67.9 Å². The van der Waals surface area contributed by atoms with Crippen LogP contribution < -0.4 is 20.7 Å². The van der Waals surface area contributed by atoms with Crippen LogP contribution in [0.3, 0.4) is 0 Å². The first-order valence-electron chi connectivity index (χ1n) is 10.6. The zero-order valence-electron chi connectivity index (χ0n) is 18.4. The van der Waals surface area contributed by atoms with Crippen LogP contribution in [0.4, 0.5) is 0 Å². The quantitative estimate of drug-likeness (QED) is 0.375. The van der Waals surface area contributed by atoms with E-state index in [0.29, 0.717) is 24.7 Å². The van der Waals surface area contributed by atoms with Gasteiger partial charge < -0.3 is 25.2 Å². The van der Waals surface area contributed by atoms with E-state index < -0.39 is 12.4 Å². The number of carbonyl (C=O) groups excluding carboxylic acids is 1. The summed E-state index contributed by atoms with van der Waals surface area (Å²) in [4.78, 5) is 15.1. The molecule has 1 aliphatic rings. The molecule has 0 aromatic heterocycles. The molecule has 3 atom stereocenters. The summed E-state index contributed by atoms with van der Waals surface area (Å²) in [5.41, 5.74) is 2.10. The molecule has 3 unspecified atom stereocenters. The maximum Gasteiger partial charge on any atom is 0.240 e. The van der Waals surface area contributed by atoms with Crippen molar-refractivity contribution in [3.63, 3.8) is 0 Å². The Morgan fingerprint density at radius 1 is 1.22 bits per heavy atom. The number of likely N-dealkylation sites (N-methyl/N-ethyl adjacent to an activating group) is 1. The van der Waals surface area contributed by atoms with Crippen LogP contribution in [-0.2, 0) is 16.1 Å². The highest BCUT2D eigenvalue weighted by Crippen LogP contribution is 2.24. The molecule has 0 spiro atoms. The van der Waals surface area contributed by atoms with Gasteiger partial charge in [-0.25, -0.2) is 4.90 Å². The average Bonchev–Trinajstić information content (AvgIpc) is 3.12. The van der Waals surface area contributed by atoms with Crippen LogP contribution >= 0.6 is 11.6 Å². The maximum absolute atomic E-state index is 13.1. The molecule has 0 radical (unpaired) electrons. The molecule has 0 bridgehead atoms. The lowest BCUT2D eigenvalue weighted by atomic mass is 10.1. The second-order valence-electron chi connectivity index (χ2n) is 7.59. The minimum Gasteiger partial charge on any atom is -0.462 e. The van der Waals surface area contributed by atoms with Crippen LogP contribution in [0.15, 0.2) is 48.5 Å². The van der Waals surface area contributed by atoms with Crippen molar-refractivity contribution in [2.45, 2.75) is 32.0 Å². The number of amides is 1. The molecule has 1 amide bonds. The SMILES string of the molecule is CNC1NC(Oc2cccc(C)c2)N(Cc2ccc(Cl)cc2)C1C(=O)NCCOCCO. The van der Waals surface area contributed by atoms with E-state index in [-0.39, 0.29) is 25.3 Å². The van der Waals surface area contributed by atoms with Crippen molar-refractivity contribution in [3.8, 4) is 5.75 Å².